The molecule has 1 fully saturated rings. The number of hydrogen-bond acceptors (Lipinski definition) is 2. The van der Waals surface area contributed by atoms with Gasteiger partial charge >= 0.3 is 6.18 Å². The van der Waals surface area contributed by atoms with Gasteiger partial charge in [0.15, 0.2) is 0 Å². The summed E-state index contributed by atoms with van der Waals surface area (Å²) >= 11 is 5.72. The highest BCUT2D eigenvalue weighted by Crippen LogP contribution is 2.35. The lowest BCUT2D eigenvalue weighted by molar-refractivity contribution is -0.137. The predicted molar refractivity (Wildman–Crippen MR) is 58.5 cm³/mol. The van der Waals surface area contributed by atoms with Gasteiger partial charge in [-0.15, -0.1) is 0 Å². The van der Waals surface area contributed by atoms with Crippen molar-refractivity contribution in [2.24, 2.45) is 0 Å². The number of likely N-dealkylation sites (tertiary alicyclic amines) is 1. The van der Waals surface area contributed by atoms with Gasteiger partial charge in [0.1, 0.15) is 11.9 Å². The Morgan fingerprint density at radius 1 is 1.39 bits per heavy atom. The molecule has 0 aromatic heterocycles. The second kappa shape index (κ2) is 4.68. The second-order valence-electron chi connectivity index (χ2n) is 3.94. The Hall–Kier alpha value is -1.43. The summed E-state index contributed by atoms with van der Waals surface area (Å²) in [5.74, 6) is 0.195. The summed E-state index contributed by atoms with van der Waals surface area (Å²) in [6.45, 7) is 0.835. The van der Waals surface area contributed by atoms with E-state index in [1.807, 2.05) is 0 Å². The van der Waals surface area contributed by atoms with Gasteiger partial charge in [0.2, 0.25) is 6.41 Å². The Labute approximate surface area is 106 Å². The monoisotopic (exact) mass is 279 g/mol. The van der Waals surface area contributed by atoms with Crippen molar-refractivity contribution in [2.45, 2.75) is 12.3 Å². The van der Waals surface area contributed by atoms with Crippen LogP contribution in [0.3, 0.4) is 0 Å². The minimum atomic E-state index is -4.42. The van der Waals surface area contributed by atoms with Crippen LogP contribution in [0.1, 0.15) is 5.56 Å². The third-order valence-corrected chi connectivity index (χ3v) is 2.87. The zero-order valence-electron chi connectivity index (χ0n) is 9.08. The maximum absolute atomic E-state index is 12.4. The van der Waals surface area contributed by atoms with Crippen LogP contribution in [0.4, 0.5) is 13.2 Å². The second-order valence-corrected chi connectivity index (χ2v) is 4.35. The molecular formula is C11H9ClF3NO2. The van der Waals surface area contributed by atoms with Crippen LogP contribution in [0.15, 0.2) is 18.2 Å². The lowest BCUT2D eigenvalue weighted by Gasteiger charge is -2.36. The third kappa shape index (κ3) is 2.69. The molecule has 1 heterocycles. The van der Waals surface area contributed by atoms with Crippen molar-refractivity contribution >= 4 is 18.0 Å². The van der Waals surface area contributed by atoms with Gasteiger partial charge in [0.05, 0.1) is 23.7 Å². The van der Waals surface area contributed by atoms with Crippen molar-refractivity contribution in [3.8, 4) is 5.75 Å². The molecule has 1 aliphatic rings. The van der Waals surface area contributed by atoms with Crippen LogP contribution in [0.25, 0.3) is 0 Å². The van der Waals surface area contributed by atoms with Crippen LogP contribution in [-0.4, -0.2) is 30.5 Å². The molecule has 18 heavy (non-hydrogen) atoms. The number of hydrogen-bond donors (Lipinski definition) is 0. The first-order chi connectivity index (χ1) is 8.40. The molecule has 1 amide bonds. The van der Waals surface area contributed by atoms with Crippen LogP contribution in [0, 0.1) is 0 Å². The molecule has 0 bridgehead atoms. The average Bonchev–Trinajstić information content (AvgIpc) is 2.23. The van der Waals surface area contributed by atoms with E-state index in [0.717, 1.165) is 12.1 Å². The average molecular weight is 280 g/mol. The molecule has 0 spiro atoms. The van der Waals surface area contributed by atoms with Gasteiger partial charge < -0.3 is 9.64 Å². The smallest absolute Gasteiger partial charge is 0.416 e. The normalized spacial score (nSPS) is 16.3. The Morgan fingerprint density at radius 3 is 2.56 bits per heavy atom. The van der Waals surface area contributed by atoms with E-state index in [1.54, 1.807) is 0 Å². The van der Waals surface area contributed by atoms with Crippen LogP contribution in [0.2, 0.25) is 5.02 Å². The number of halogens is 4. The van der Waals surface area contributed by atoms with E-state index in [2.05, 4.69) is 0 Å². The third-order valence-electron chi connectivity index (χ3n) is 2.58. The first-order valence-electron chi connectivity index (χ1n) is 5.13. The van der Waals surface area contributed by atoms with E-state index in [-0.39, 0.29) is 16.9 Å². The van der Waals surface area contributed by atoms with E-state index in [1.165, 1.54) is 11.0 Å². The summed E-state index contributed by atoms with van der Waals surface area (Å²) in [6.07, 6.45) is -3.95. The number of carbonyl (C=O) groups excluding carboxylic acids is 1. The number of amides is 1. The van der Waals surface area contributed by atoms with Crippen molar-refractivity contribution in [3.63, 3.8) is 0 Å². The van der Waals surface area contributed by atoms with Gasteiger partial charge in [0, 0.05) is 0 Å². The number of carbonyl (C=O) groups is 1. The SMILES string of the molecule is O=CN1CC(Oc2ccc(C(F)(F)F)cc2Cl)C1. The van der Waals surface area contributed by atoms with Gasteiger partial charge in [-0.3, -0.25) is 4.79 Å². The molecule has 1 aliphatic heterocycles. The highest BCUT2D eigenvalue weighted by Gasteiger charge is 2.32. The van der Waals surface area contributed by atoms with E-state index in [4.69, 9.17) is 16.3 Å². The minimum absolute atomic E-state index is 0.0885. The quantitative estimate of drug-likeness (QED) is 0.796. The maximum Gasteiger partial charge on any atom is 0.416 e. The number of nitrogens with zero attached hydrogens (tertiary/aromatic N) is 1. The lowest BCUT2D eigenvalue weighted by Crippen LogP contribution is -2.52. The number of rotatable bonds is 3. The fourth-order valence-electron chi connectivity index (χ4n) is 1.58. The van der Waals surface area contributed by atoms with Crippen molar-refractivity contribution in [1.29, 1.82) is 0 Å². The first kappa shape index (κ1) is 13.0. The fourth-order valence-corrected chi connectivity index (χ4v) is 1.81. The van der Waals surface area contributed by atoms with E-state index in [9.17, 15) is 18.0 Å². The number of alkyl halides is 3. The van der Waals surface area contributed by atoms with Gasteiger partial charge in [-0.1, -0.05) is 11.6 Å². The van der Waals surface area contributed by atoms with Crippen molar-refractivity contribution in [1.82, 2.24) is 4.90 Å². The maximum atomic E-state index is 12.4. The van der Waals surface area contributed by atoms with Crippen LogP contribution in [-0.2, 0) is 11.0 Å². The molecule has 0 radical (unpaired) electrons. The molecule has 1 aromatic carbocycles. The summed E-state index contributed by atoms with van der Waals surface area (Å²) in [5, 5.41) is -0.0885. The Kier molecular flexibility index (Phi) is 3.38. The molecule has 0 atom stereocenters. The Balaban J connectivity index is 2.05. The van der Waals surface area contributed by atoms with E-state index < -0.39 is 11.7 Å². The zero-order valence-corrected chi connectivity index (χ0v) is 9.83. The molecule has 2 rings (SSSR count). The molecule has 98 valence electrons. The Bertz CT molecular complexity index is 458. The van der Waals surface area contributed by atoms with Gasteiger partial charge in [-0.05, 0) is 18.2 Å². The van der Waals surface area contributed by atoms with Crippen LogP contribution in [0.5, 0.6) is 5.75 Å². The highest BCUT2D eigenvalue weighted by atomic mass is 35.5. The number of benzene rings is 1. The zero-order chi connectivity index (χ0) is 13.3. The van der Waals surface area contributed by atoms with Crippen LogP contribution < -0.4 is 4.74 Å². The lowest BCUT2D eigenvalue weighted by atomic mass is 10.2. The van der Waals surface area contributed by atoms with Crippen molar-refractivity contribution in [3.05, 3.63) is 28.8 Å². The van der Waals surface area contributed by atoms with Gasteiger partial charge in [0.25, 0.3) is 0 Å². The molecule has 1 saturated heterocycles. The van der Waals surface area contributed by atoms with Crippen molar-refractivity contribution < 1.29 is 22.7 Å². The summed E-state index contributed by atoms with van der Waals surface area (Å²) < 4.78 is 42.6. The fraction of sp³-hybridized carbons (Fsp3) is 0.364. The summed E-state index contributed by atoms with van der Waals surface area (Å²) in [6, 6.07) is 2.93. The molecule has 3 nitrogen and oxygen atoms in total. The standard InChI is InChI=1S/C11H9ClF3NO2/c12-9-3-7(11(13,14)15)1-2-10(9)18-8-4-16(5-8)6-17/h1-3,6,8H,4-5H2. The summed E-state index contributed by atoms with van der Waals surface area (Å²) in [4.78, 5) is 11.8. The van der Waals surface area contributed by atoms with Gasteiger partial charge in [-0.2, -0.15) is 13.2 Å². The first-order valence-corrected chi connectivity index (χ1v) is 5.50. The molecule has 0 aliphatic carbocycles. The minimum Gasteiger partial charge on any atom is -0.485 e. The largest absolute Gasteiger partial charge is 0.485 e. The van der Waals surface area contributed by atoms with E-state index in [0.29, 0.717) is 19.5 Å². The van der Waals surface area contributed by atoms with Gasteiger partial charge in [-0.25, -0.2) is 0 Å². The highest BCUT2D eigenvalue weighted by molar-refractivity contribution is 6.32. The number of ether oxygens (including phenoxy) is 1. The van der Waals surface area contributed by atoms with Crippen LogP contribution >= 0.6 is 11.6 Å². The molecule has 0 unspecified atom stereocenters. The topological polar surface area (TPSA) is 29.5 Å². The molecular weight excluding hydrogens is 271 g/mol. The summed E-state index contributed by atoms with van der Waals surface area (Å²) in [5.41, 5.74) is -0.817. The van der Waals surface area contributed by atoms with E-state index >= 15 is 0 Å². The summed E-state index contributed by atoms with van der Waals surface area (Å²) in [7, 11) is 0. The molecule has 1 aromatic rings. The Morgan fingerprint density at radius 2 is 2.06 bits per heavy atom. The molecule has 7 heteroatoms. The molecule has 0 saturated carbocycles. The van der Waals surface area contributed by atoms with Crippen molar-refractivity contribution in [2.75, 3.05) is 13.1 Å². The predicted octanol–water partition coefficient (Wildman–Crippen LogP) is 2.58. The molecule has 0 N–H and O–H groups in total.